The second kappa shape index (κ2) is 9.62. The minimum Gasteiger partial charge on any atom is -0.493 e. The predicted octanol–water partition coefficient (Wildman–Crippen LogP) is 3.64. The molecule has 0 radical (unpaired) electrons. The third kappa shape index (κ3) is 4.73. The van der Waals surface area contributed by atoms with E-state index in [2.05, 4.69) is 29.3 Å². The van der Waals surface area contributed by atoms with Crippen LogP contribution in [0.5, 0.6) is 17.2 Å². The van der Waals surface area contributed by atoms with Crippen LogP contribution in [-0.4, -0.2) is 45.3 Å². The summed E-state index contributed by atoms with van der Waals surface area (Å²) < 4.78 is 17.4. The Bertz CT molecular complexity index is 690. The average molecular weight is 370 g/mol. The zero-order valence-corrected chi connectivity index (χ0v) is 16.5. The molecule has 2 aromatic carbocycles. The average Bonchev–Trinajstić information content (AvgIpc) is 2.74. The molecule has 0 bridgehead atoms. The van der Waals surface area contributed by atoms with Gasteiger partial charge in [0.1, 0.15) is 6.61 Å². The van der Waals surface area contributed by atoms with Gasteiger partial charge in [-0.25, -0.2) is 0 Å². The molecule has 0 spiro atoms. The summed E-state index contributed by atoms with van der Waals surface area (Å²) in [6.07, 6.45) is 1.04. The third-order valence-electron chi connectivity index (χ3n) is 5.07. The number of piperazine rings is 1. The lowest BCUT2D eigenvalue weighted by molar-refractivity contribution is 0.168. The quantitative estimate of drug-likeness (QED) is 0.768. The van der Waals surface area contributed by atoms with Crippen LogP contribution in [0.25, 0.3) is 0 Å². The van der Waals surface area contributed by atoms with Crippen LogP contribution in [0.1, 0.15) is 30.5 Å². The zero-order chi connectivity index (χ0) is 19.1. The molecule has 5 heteroatoms. The summed E-state index contributed by atoms with van der Waals surface area (Å²) in [5.74, 6) is 2.09. The molecule has 3 rings (SSSR count). The van der Waals surface area contributed by atoms with Crippen molar-refractivity contribution in [1.82, 2.24) is 10.2 Å². The molecular weight excluding hydrogens is 340 g/mol. The zero-order valence-electron chi connectivity index (χ0n) is 16.5. The number of methoxy groups -OCH3 is 2. The molecule has 0 saturated carbocycles. The number of benzene rings is 2. The van der Waals surface area contributed by atoms with E-state index in [1.807, 2.05) is 30.3 Å². The van der Waals surface area contributed by atoms with Crippen molar-refractivity contribution >= 4 is 0 Å². The van der Waals surface area contributed by atoms with Crippen LogP contribution in [0.4, 0.5) is 0 Å². The second-order valence-corrected chi connectivity index (χ2v) is 6.74. The summed E-state index contributed by atoms with van der Waals surface area (Å²) >= 11 is 0. The van der Waals surface area contributed by atoms with E-state index < -0.39 is 0 Å². The Morgan fingerprint density at radius 2 is 1.63 bits per heavy atom. The Morgan fingerprint density at radius 1 is 1.00 bits per heavy atom. The van der Waals surface area contributed by atoms with Crippen LogP contribution in [-0.2, 0) is 6.61 Å². The Morgan fingerprint density at radius 3 is 2.19 bits per heavy atom. The maximum atomic E-state index is 6.08. The van der Waals surface area contributed by atoms with Gasteiger partial charge in [0.2, 0.25) is 5.75 Å². The standard InChI is InChI=1S/C22H30N2O3/c1-4-19(24-12-10-23-11-13-24)18-14-20(25-2)22(21(15-18)26-3)27-16-17-8-6-5-7-9-17/h5-9,14-15,19,23H,4,10-13,16H2,1-3H3. The Kier molecular flexibility index (Phi) is 6.96. The first-order chi connectivity index (χ1) is 13.3. The number of nitrogens with one attached hydrogen (secondary N) is 1. The van der Waals surface area contributed by atoms with Gasteiger partial charge in [-0.15, -0.1) is 0 Å². The first kappa shape index (κ1) is 19.5. The number of nitrogens with zero attached hydrogens (tertiary/aromatic N) is 1. The normalized spacial score (nSPS) is 16.0. The summed E-state index contributed by atoms with van der Waals surface area (Å²) in [5.41, 5.74) is 2.32. The highest BCUT2D eigenvalue weighted by Gasteiger charge is 2.24. The lowest BCUT2D eigenvalue weighted by Gasteiger charge is -2.35. The van der Waals surface area contributed by atoms with Gasteiger partial charge in [0.15, 0.2) is 11.5 Å². The molecule has 1 unspecified atom stereocenters. The van der Waals surface area contributed by atoms with Crippen molar-refractivity contribution in [2.75, 3.05) is 40.4 Å². The van der Waals surface area contributed by atoms with Crippen molar-refractivity contribution in [3.8, 4) is 17.2 Å². The van der Waals surface area contributed by atoms with Crippen LogP contribution < -0.4 is 19.5 Å². The van der Waals surface area contributed by atoms with Crippen molar-refractivity contribution in [1.29, 1.82) is 0 Å². The largest absolute Gasteiger partial charge is 0.493 e. The molecule has 1 atom stereocenters. The van der Waals surface area contributed by atoms with Crippen molar-refractivity contribution < 1.29 is 14.2 Å². The van der Waals surface area contributed by atoms with E-state index in [1.54, 1.807) is 14.2 Å². The van der Waals surface area contributed by atoms with Crippen molar-refractivity contribution in [2.24, 2.45) is 0 Å². The molecule has 1 N–H and O–H groups in total. The highest BCUT2D eigenvalue weighted by Crippen LogP contribution is 2.42. The van der Waals surface area contributed by atoms with Gasteiger partial charge in [0.05, 0.1) is 14.2 Å². The van der Waals surface area contributed by atoms with Gasteiger partial charge in [-0.1, -0.05) is 37.3 Å². The van der Waals surface area contributed by atoms with Crippen LogP contribution in [0, 0.1) is 0 Å². The molecule has 0 aliphatic carbocycles. The van der Waals surface area contributed by atoms with Crippen molar-refractivity contribution in [2.45, 2.75) is 26.0 Å². The van der Waals surface area contributed by atoms with E-state index in [4.69, 9.17) is 14.2 Å². The smallest absolute Gasteiger partial charge is 0.203 e. The molecule has 0 aromatic heterocycles. The SMILES string of the molecule is CCC(c1cc(OC)c(OCc2ccccc2)c(OC)c1)N1CCNCC1. The fraction of sp³-hybridized carbons (Fsp3) is 0.455. The Labute approximate surface area is 162 Å². The van der Waals surface area contributed by atoms with Gasteiger partial charge >= 0.3 is 0 Å². The molecule has 0 amide bonds. The van der Waals surface area contributed by atoms with E-state index in [0.717, 1.165) is 38.2 Å². The van der Waals surface area contributed by atoms with Crippen LogP contribution >= 0.6 is 0 Å². The summed E-state index contributed by atoms with van der Waals surface area (Å²) in [5, 5.41) is 3.42. The first-order valence-corrected chi connectivity index (χ1v) is 9.64. The van der Waals surface area contributed by atoms with Gasteiger partial charge in [-0.05, 0) is 29.7 Å². The number of hydrogen-bond donors (Lipinski definition) is 1. The minimum absolute atomic E-state index is 0.345. The van der Waals surface area contributed by atoms with Crippen LogP contribution in [0.15, 0.2) is 42.5 Å². The van der Waals surface area contributed by atoms with E-state index in [-0.39, 0.29) is 0 Å². The highest BCUT2D eigenvalue weighted by molar-refractivity contribution is 5.54. The summed E-state index contributed by atoms with van der Waals surface area (Å²) in [6.45, 7) is 6.87. The molecule has 146 valence electrons. The molecule has 1 heterocycles. The van der Waals surface area contributed by atoms with E-state index in [0.29, 0.717) is 29.9 Å². The van der Waals surface area contributed by atoms with Gasteiger partial charge in [0, 0.05) is 32.2 Å². The lowest BCUT2D eigenvalue weighted by Crippen LogP contribution is -2.45. The molecular formula is C22H30N2O3. The molecule has 1 aliphatic heterocycles. The lowest BCUT2D eigenvalue weighted by atomic mass is 10.0. The number of hydrogen-bond acceptors (Lipinski definition) is 5. The van der Waals surface area contributed by atoms with Crippen molar-refractivity contribution in [3.05, 3.63) is 53.6 Å². The van der Waals surface area contributed by atoms with Crippen LogP contribution in [0.2, 0.25) is 0 Å². The fourth-order valence-electron chi connectivity index (χ4n) is 3.66. The van der Waals surface area contributed by atoms with E-state index in [9.17, 15) is 0 Å². The fourth-order valence-corrected chi connectivity index (χ4v) is 3.66. The second-order valence-electron chi connectivity index (χ2n) is 6.74. The molecule has 2 aromatic rings. The molecule has 1 fully saturated rings. The van der Waals surface area contributed by atoms with Crippen LogP contribution in [0.3, 0.4) is 0 Å². The molecule has 27 heavy (non-hydrogen) atoms. The Balaban J connectivity index is 1.86. The minimum atomic E-state index is 0.345. The van der Waals surface area contributed by atoms with E-state index in [1.165, 1.54) is 5.56 Å². The van der Waals surface area contributed by atoms with Gasteiger partial charge in [-0.2, -0.15) is 0 Å². The summed E-state index contributed by atoms with van der Waals surface area (Å²) in [6, 6.07) is 14.7. The topological polar surface area (TPSA) is 43.0 Å². The predicted molar refractivity (Wildman–Crippen MR) is 108 cm³/mol. The number of rotatable bonds is 8. The maximum Gasteiger partial charge on any atom is 0.203 e. The van der Waals surface area contributed by atoms with E-state index >= 15 is 0 Å². The summed E-state index contributed by atoms with van der Waals surface area (Å²) in [7, 11) is 3.36. The Hall–Kier alpha value is -2.24. The highest BCUT2D eigenvalue weighted by atomic mass is 16.5. The summed E-state index contributed by atoms with van der Waals surface area (Å²) in [4.78, 5) is 2.52. The maximum absolute atomic E-state index is 6.08. The van der Waals surface area contributed by atoms with Gasteiger partial charge in [-0.3, -0.25) is 4.90 Å². The van der Waals surface area contributed by atoms with Gasteiger partial charge in [0.25, 0.3) is 0 Å². The van der Waals surface area contributed by atoms with Gasteiger partial charge < -0.3 is 19.5 Å². The first-order valence-electron chi connectivity index (χ1n) is 9.64. The molecule has 5 nitrogen and oxygen atoms in total. The number of ether oxygens (including phenoxy) is 3. The third-order valence-corrected chi connectivity index (χ3v) is 5.07. The molecule has 1 aliphatic rings. The monoisotopic (exact) mass is 370 g/mol. The van der Waals surface area contributed by atoms with Crippen molar-refractivity contribution in [3.63, 3.8) is 0 Å². The molecule has 1 saturated heterocycles.